The van der Waals surface area contributed by atoms with E-state index in [9.17, 15) is 9.59 Å². The van der Waals surface area contributed by atoms with Gasteiger partial charge in [0.2, 0.25) is 0 Å². The molecule has 1 unspecified atom stereocenters. The first-order valence-electron chi connectivity index (χ1n) is 10.8. The van der Waals surface area contributed by atoms with Gasteiger partial charge in [-0.3, -0.25) is 9.89 Å². The zero-order valence-electron chi connectivity index (χ0n) is 18.9. The summed E-state index contributed by atoms with van der Waals surface area (Å²) in [6, 6.07) is 22.3. The summed E-state index contributed by atoms with van der Waals surface area (Å²) in [7, 11) is 1.53. The number of benzene rings is 3. The number of aromatic nitrogens is 3. The zero-order chi connectivity index (χ0) is 24.5. The molecule has 0 saturated heterocycles. The number of ether oxygens (including phenoxy) is 2. The topological polar surface area (TPSA) is 130 Å². The van der Waals surface area contributed by atoms with Crippen LogP contribution in [0.2, 0.25) is 0 Å². The quantitative estimate of drug-likeness (QED) is 0.294. The van der Waals surface area contributed by atoms with E-state index in [2.05, 4.69) is 31.1 Å². The molecule has 3 amide bonds. The van der Waals surface area contributed by atoms with E-state index >= 15 is 0 Å². The minimum Gasteiger partial charge on any atom is -0.493 e. The number of hydrogen-bond acceptors (Lipinski definition) is 6. The molecule has 0 aliphatic rings. The van der Waals surface area contributed by atoms with Crippen LogP contribution in [0.1, 0.15) is 17.4 Å². The number of para-hydroxylation sites is 2. The van der Waals surface area contributed by atoms with Crippen molar-refractivity contribution in [2.45, 2.75) is 6.04 Å². The van der Waals surface area contributed by atoms with Crippen LogP contribution >= 0.6 is 0 Å². The Morgan fingerprint density at radius 2 is 1.63 bits per heavy atom. The SMILES string of the molecule is COc1ccccc1OCC(=O)Nc1cccc(NC(=O)NC(c2ccccc2)c2ncn[nH]2)c1. The van der Waals surface area contributed by atoms with Gasteiger partial charge >= 0.3 is 6.03 Å². The van der Waals surface area contributed by atoms with E-state index in [0.29, 0.717) is 28.7 Å². The van der Waals surface area contributed by atoms with Crippen molar-refractivity contribution in [1.29, 1.82) is 0 Å². The van der Waals surface area contributed by atoms with Gasteiger partial charge in [0.1, 0.15) is 12.4 Å². The fourth-order valence-corrected chi connectivity index (χ4v) is 3.36. The van der Waals surface area contributed by atoms with Crippen LogP contribution in [0.15, 0.2) is 85.2 Å². The molecule has 1 heterocycles. The number of rotatable bonds is 9. The van der Waals surface area contributed by atoms with Crippen molar-refractivity contribution in [1.82, 2.24) is 20.5 Å². The maximum atomic E-state index is 12.7. The lowest BCUT2D eigenvalue weighted by Gasteiger charge is -2.17. The number of amides is 3. The molecule has 10 nitrogen and oxygen atoms in total. The molecule has 1 aromatic heterocycles. The Bertz CT molecular complexity index is 1260. The molecule has 0 spiro atoms. The number of aromatic amines is 1. The predicted molar refractivity (Wildman–Crippen MR) is 130 cm³/mol. The Morgan fingerprint density at radius 3 is 2.34 bits per heavy atom. The van der Waals surface area contributed by atoms with E-state index in [1.165, 1.54) is 13.4 Å². The molecular formula is C25H24N6O4. The second-order valence-corrected chi connectivity index (χ2v) is 7.38. The number of anilines is 2. The second-order valence-electron chi connectivity index (χ2n) is 7.38. The number of nitrogens with one attached hydrogen (secondary N) is 4. The van der Waals surface area contributed by atoms with Crippen molar-refractivity contribution in [2.75, 3.05) is 24.4 Å². The molecule has 35 heavy (non-hydrogen) atoms. The Kier molecular flexibility index (Phi) is 7.54. The van der Waals surface area contributed by atoms with Gasteiger partial charge in [-0.25, -0.2) is 9.78 Å². The molecule has 4 aromatic rings. The number of carbonyl (C=O) groups is 2. The molecule has 0 bridgehead atoms. The standard InChI is InChI=1S/C25H24N6O4/c1-34-20-12-5-6-13-21(20)35-15-22(32)28-18-10-7-11-19(14-18)29-25(33)30-23(24-26-16-27-31-24)17-8-3-2-4-9-17/h2-14,16,23H,15H2,1H3,(H,28,32)(H,26,27,31)(H2,29,30,33). The maximum absolute atomic E-state index is 12.7. The van der Waals surface area contributed by atoms with Crippen LogP contribution in [0.25, 0.3) is 0 Å². The molecular weight excluding hydrogens is 448 g/mol. The molecule has 178 valence electrons. The average Bonchev–Trinajstić information content (AvgIpc) is 3.42. The fraction of sp³-hybridized carbons (Fsp3) is 0.120. The molecule has 3 aromatic carbocycles. The highest BCUT2D eigenvalue weighted by molar-refractivity contribution is 5.94. The van der Waals surface area contributed by atoms with E-state index < -0.39 is 12.1 Å². The van der Waals surface area contributed by atoms with Gasteiger partial charge in [-0.2, -0.15) is 5.10 Å². The summed E-state index contributed by atoms with van der Waals surface area (Å²) in [5, 5.41) is 15.1. The van der Waals surface area contributed by atoms with Gasteiger partial charge in [-0.05, 0) is 35.9 Å². The molecule has 1 atom stereocenters. The average molecular weight is 473 g/mol. The lowest BCUT2D eigenvalue weighted by molar-refractivity contribution is -0.118. The summed E-state index contributed by atoms with van der Waals surface area (Å²) in [5.41, 5.74) is 1.84. The highest BCUT2D eigenvalue weighted by Gasteiger charge is 2.19. The van der Waals surface area contributed by atoms with E-state index in [0.717, 1.165) is 5.56 Å². The lowest BCUT2D eigenvalue weighted by atomic mass is 10.1. The van der Waals surface area contributed by atoms with Gasteiger partial charge in [-0.15, -0.1) is 0 Å². The van der Waals surface area contributed by atoms with Crippen LogP contribution in [-0.2, 0) is 4.79 Å². The summed E-state index contributed by atoms with van der Waals surface area (Å²) in [6.07, 6.45) is 1.38. The Hall–Kier alpha value is -4.86. The van der Waals surface area contributed by atoms with Gasteiger partial charge in [0.15, 0.2) is 23.9 Å². The van der Waals surface area contributed by atoms with Gasteiger partial charge in [0, 0.05) is 11.4 Å². The van der Waals surface area contributed by atoms with E-state index in [-0.39, 0.29) is 12.5 Å². The lowest BCUT2D eigenvalue weighted by Crippen LogP contribution is -2.33. The van der Waals surface area contributed by atoms with Crippen molar-refractivity contribution < 1.29 is 19.1 Å². The number of urea groups is 1. The molecule has 10 heteroatoms. The number of carbonyl (C=O) groups excluding carboxylic acids is 2. The molecule has 0 saturated carbocycles. The van der Waals surface area contributed by atoms with Gasteiger partial charge in [0.25, 0.3) is 5.91 Å². The third-order valence-corrected chi connectivity index (χ3v) is 4.95. The minimum atomic E-state index is -0.520. The third kappa shape index (κ3) is 6.35. The van der Waals surface area contributed by atoms with Gasteiger partial charge < -0.3 is 25.4 Å². The number of methoxy groups -OCH3 is 1. The van der Waals surface area contributed by atoms with E-state index in [1.807, 2.05) is 36.4 Å². The summed E-state index contributed by atoms with van der Waals surface area (Å²) in [4.78, 5) is 29.3. The first-order chi connectivity index (χ1) is 17.1. The van der Waals surface area contributed by atoms with Crippen LogP contribution in [0.4, 0.5) is 16.2 Å². The molecule has 0 aliphatic carbocycles. The van der Waals surface area contributed by atoms with Gasteiger partial charge in [-0.1, -0.05) is 48.5 Å². The van der Waals surface area contributed by atoms with Crippen molar-refractivity contribution >= 4 is 23.3 Å². The Balaban J connectivity index is 1.36. The summed E-state index contributed by atoms with van der Waals surface area (Å²) >= 11 is 0. The van der Waals surface area contributed by atoms with Crippen molar-refractivity contribution in [3.8, 4) is 11.5 Å². The largest absolute Gasteiger partial charge is 0.493 e. The van der Waals surface area contributed by atoms with E-state index in [1.54, 1.807) is 42.5 Å². The fourth-order valence-electron chi connectivity index (χ4n) is 3.36. The first-order valence-corrected chi connectivity index (χ1v) is 10.8. The van der Waals surface area contributed by atoms with Crippen LogP contribution in [0.5, 0.6) is 11.5 Å². The summed E-state index contributed by atoms with van der Waals surface area (Å²) in [5.74, 6) is 1.16. The number of hydrogen-bond donors (Lipinski definition) is 4. The smallest absolute Gasteiger partial charge is 0.320 e. The van der Waals surface area contributed by atoms with Crippen LogP contribution in [0, 0.1) is 0 Å². The molecule has 0 fully saturated rings. The highest BCUT2D eigenvalue weighted by atomic mass is 16.5. The van der Waals surface area contributed by atoms with Crippen molar-refractivity contribution in [3.05, 3.63) is 96.6 Å². The number of H-pyrrole nitrogens is 1. The minimum absolute atomic E-state index is 0.200. The molecule has 4 N–H and O–H groups in total. The van der Waals surface area contributed by atoms with Crippen molar-refractivity contribution in [3.63, 3.8) is 0 Å². The Morgan fingerprint density at radius 1 is 0.914 bits per heavy atom. The molecule has 0 radical (unpaired) electrons. The van der Waals surface area contributed by atoms with Crippen LogP contribution in [0.3, 0.4) is 0 Å². The molecule has 0 aliphatic heterocycles. The highest BCUT2D eigenvalue weighted by Crippen LogP contribution is 2.25. The van der Waals surface area contributed by atoms with Gasteiger partial charge in [0.05, 0.1) is 7.11 Å². The third-order valence-electron chi connectivity index (χ3n) is 4.95. The first kappa shape index (κ1) is 23.3. The zero-order valence-corrected chi connectivity index (χ0v) is 18.9. The predicted octanol–water partition coefficient (Wildman–Crippen LogP) is 3.74. The summed E-state index contributed by atoms with van der Waals surface area (Å²) in [6.45, 7) is -0.200. The molecule has 4 rings (SSSR count). The van der Waals surface area contributed by atoms with Crippen molar-refractivity contribution in [2.24, 2.45) is 0 Å². The van der Waals surface area contributed by atoms with E-state index in [4.69, 9.17) is 9.47 Å². The monoisotopic (exact) mass is 472 g/mol. The number of nitrogens with zero attached hydrogens (tertiary/aromatic N) is 2. The second kappa shape index (κ2) is 11.3. The Labute approximate surface area is 201 Å². The maximum Gasteiger partial charge on any atom is 0.320 e. The summed E-state index contributed by atoms with van der Waals surface area (Å²) < 4.78 is 10.8. The van der Waals surface area contributed by atoms with Crippen LogP contribution in [-0.4, -0.2) is 40.8 Å². The van der Waals surface area contributed by atoms with Crippen LogP contribution < -0.4 is 25.4 Å². The normalized spacial score (nSPS) is 11.2.